The van der Waals surface area contributed by atoms with Gasteiger partial charge in [0.1, 0.15) is 0 Å². The molecule has 0 N–H and O–H groups in total. The Morgan fingerprint density at radius 3 is 2.18 bits per heavy atom. The van der Waals surface area contributed by atoms with Crippen LogP contribution in [0.2, 0.25) is 5.15 Å². The minimum absolute atomic E-state index is 0. The van der Waals surface area contributed by atoms with Gasteiger partial charge in [-0.2, -0.15) is 4.57 Å². The van der Waals surface area contributed by atoms with Gasteiger partial charge in [0.05, 0.1) is 36.4 Å². The summed E-state index contributed by atoms with van der Waals surface area (Å²) < 4.78 is 13.4. The molecule has 0 unspecified atom stereocenters. The fourth-order valence-corrected chi connectivity index (χ4v) is 5.65. The molecular formula is C23H17Cl2NO2. The van der Waals surface area contributed by atoms with Crippen LogP contribution in [0.5, 0.6) is 0 Å². The molecule has 0 amide bonds. The number of benzene rings is 1. The molecule has 2 bridgehead atoms. The molecule has 28 heavy (non-hydrogen) atoms. The van der Waals surface area contributed by atoms with E-state index in [1.165, 1.54) is 27.9 Å². The van der Waals surface area contributed by atoms with Crippen molar-refractivity contribution >= 4 is 11.6 Å². The number of nitrogens with zero attached hydrogens (tertiary/aromatic N) is 1. The number of pyridine rings is 1. The van der Waals surface area contributed by atoms with Crippen molar-refractivity contribution in [1.82, 2.24) is 0 Å². The fourth-order valence-electron chi connectivity index (χ4n) is 5.36. The van der Waals surface area contributed by atoms with Crippen LogP contribution in [0.1, 0.15) is 46.3 Å². The standard InChI is InChI=1S/C23H17ClNO2.ClH/c24-21-7-3-6-19-22-18-5-2-1-4-17(18)20(25(19)21)12-23(22,15-8-10-26-13-15)16-9-11-27-14-16;/h1-11,13-14,20,22H,12H2;1H/q+1;/p-1/t20-,22+;/m1./s1. The maximum absolute atomic E-state index is 6.67. The molecule has 0 fully saturated rings. The van der Waals surface area contributed by atoms with Crippen LogP contribution in [0.3, 0.4) is 0 Å². The van der Waals surface area contributed by atoms with E-state index < -0.39 is 0 Å². The molecule has 3 aliphatic rings. The highest BCUT2D eigenvalue weighted by molar-refractivity contribution is 6.28. The van der Waals surface area contributed by atoms with Gasteiger partial charge in [0.2, 0.25) is 0 Å². The SMILES string of the molecule is Clc1cccc2[n+]1[C@@H]1CC(c3ccoc3)(c3ccoc3)[C@H]2c2ccccc21.[Cl-]. The van der Waals surface area contributed by atoms with Crippen LogP contribution in [0.4, 0.5) is 0 Å². The third kappa shape index (κ3) is 2.09. The van der Waals surface area contributed by atoms with E-state index in [9.17, 15) is 0 Å². The summed E-state index contributed by atoms with van der Waals surface area (Å²) in [6.45, 7) is 0. The van der Waals surface area contributed by atoms with Gasteiger partial charge in [0.25, 0.3) is 5.15 Å². The largest absolute Gasteiger partial charge is 1.00 e. The van der Waals surface area contributed by atoms with Crippen molar-refractivity contribution in [3.63, 3.8) is 0 Å². The minimum atomic E-state index is -0.246. The predicted molar refractivity (Wildman–Crippen MR) is 101 cm³/mol. The van der Waals surface area contributed by atoms with Crippen LogP contribution < -0.4 is 17.0 Å². The topological polar surface area (TPSA) is 30.2 Å². The highest BCUT2D eigenvalue weighted by atomic mass is 35.5. The number of rotatable bonds is 2. The molecule has 0 saturated heterocycles. The molecule has 1 aromatic carbocycles. The van der Waals surface area contributed by atoms with Crippen LogP contribution in [0.25, 0.3) is 0 Å². The molecule has 3 nitrogen and oxygen atoms in total. The van der Waals surface area contributed by atoms with E-state index in [2.05, 4.69) is 47.0 Å². The van der Waals surface area contributed by atoms with Gasteiger partial charge in [-0.3, -0.25) is 0 Å². The van der Waals surface area contributed by atoms with Crippen LogP contribution in [-0.2, 0) is 5.41 Å². The number of fused-ring (bicyclic) bond motifs is 1. The zero-order chi connectivity index (χ0) is 18.0. The zero-order valence-corrected chi connectivity index (χ0v) is 16.4. The van der Waals surface area contributed by atoms with Crippen molar-refractivity contribution in [3.05, 3.63) is 113 Å². The summed E-state index contributed by atoms with van der Waals surface area (Å²) in [6, 6.07) is 19.3. The third-order valence-corrected chi connectivity index (χ3v) is 6.67. The molecule has 2 aliphatic heterocycles. The Labute approximate surface area is 174 Å². The van der Waals surface area contributed by atoms with Crippen LogP contribution >= 0.6 is 11.6 Å². The first-order chi connectivity index (χ1) is 13.3. The lowest BCUT2D eigenvalue weighted by Crippen LogP contribution is -3.00. The van der Waals surface area contributed by atoms with E-state index >= 15 is 0 Å². The van der Waals surface area contributed by atoms with Crippen molar-refractivity contribution in [2.45, 2.75) is 23.8 Å². The van der Waals surface area contributed by atoms with Crippen molar-refractivity contribution in [1.29, 1.82) is 0 Å². The van der Waals surface area contributed by atoms with Crippen molar-refractivity contribution < 1.29 is 25.8 Å². The van der Waals surface area contributed by atoms with Gasteiger partial charge in [-0.05, 0) is 35.4 Å². The molecule has 3 aromatic heterocycles. The summed E-state index contributed by atoms with van der Waals surface area (Å²) in [5.41, 5.74) is 6.07. The number of hydrogen-bond donors (Lipinski definition) is 0. The Balaban J connectivity index is 0.00000171. The Kier molecular flexibility index (Phi) is 3.94. The molecule has 140 valence electrons. The lowest BCUT2D eigenvalue weighted by molar-refractivity contribution is -0.730. The third-order valence-electron chi connectivity index (χ3n) is 6.36. The Bertz CT molecular complexity index is 1100. The Hall–Kier alpha value is -2.49. The van der Waals surface area contributed by atoms with E-state index in [1.807, 2.05) is 24.7 Å². The summed E-state index contributed by atoms with van der Waals surface area (Å²) in [5, 5.41) is 0.782. The fraction of sp³-hybridized carbons (Fsp3) is 0.174. The normalized spacial score (nSPS) is 20.9. The summed E-state index contributed by atoms with van der Waals surface area (Å²) in [7, 11) is 0. The van der Waals surface area contributed by atoms with Gasteiger partial charge in [0.15, 0.2) is 11.7 Å². The van der Waals surface area contributed by atoms with E-state index in [1.54, 1.807) is 12.5 Å². The van der Waals surface area contributed by atoms with E-state index in [-0.39, 0.29) is 29.8 Å². The van der Waals surface area contributed by atoms with Crippen LogP contribution in [0.15, 0.2) is 88.5 Å². The maximum atomic E-state index is 6.67. The molecule has 5 heteroatoms. The van der Waals surface area contributed by atoms with Gasteiger partial charge in [-0.1, -0.05) is 24.3 Å². The molecule has 1 aliphatic carbocycles. The minimum Gasteiger partial charge on any atom is -1.00 e. The average molecular weight is 410 g/mol. The lowest BCUT2D eigenvalue weighted by Gasteiger charge is -2.48. The zero-order valence-electron chi connectivity index (χ0n) is 14.9. The van der Waals surface area contributed by atoms with Gasteiger partial charge < -0.3 is 21.2 Å². The molecule has 4 aromatic rings. The predicted octanol–water partition coefficient (Wildman–Crippen LogP) is 2.24. The number of halogens is 2. The first kappa shape index (κ1) is 17.6. The van der Waals surface area contributed by atoms with Crippen molar-refractivity contribution in [2.24, 2.45) is 0 Å². The molecule has 2 atom stereocenters. The summed E-state index contributed by atoms with van der Waals surface area (Å²) in [6.07, 6.45) is 8.19. The molecule has 0 spiro atoms. The summed E-state index contributed by atoms with van der Waals surface area (Å²) in [5.74, 6) is 0.132. The molecule has 7 rings (SSSR count). The number of aromatic nitrogens is 1. The molecular weight excluding hydrogens is 393 g/mol. The number of hydrogen-bond acceptors (Lipinski definition) is 2. The smallest absolute Gasteiger partial charge is 0.275 e. The van der Waals surface area contributed by atoms with Crippen LogP contribution in [0, 0.1) is 0 Å². The second kappa shape index (κ2) is 6.26. The summed E-state index contributed by atoms with van der Waals surface area (Å²) >= 11 is 6.67. The molecule has 5 heterocycles. The lowest BCUT2D eigenvalue weighted by atomic mass is 9.54. The quantitative estimate of drug-likeness (QED) is 0.375. The maximum Gasteiger partial charge on any atom is 0.275 e. The van der Waals surface area contributed by atoms with Gasteiger partial charge in [0, 0.05) is 35.2 Å². The summed E-state index contributed by atoms with van der Waals surface area (Å²) in [4.78, 5) is 0. The Morgan fingerprint density at radius 2 is 1.54 bits per heavy atom. The van der Waals surface area contributed by atoms with Gasteiger partial charge >= 0.3 is 0 Å². The van der Waals surface area contributed by atoms with Gasteiger partial charge in [-0.15, -0.1) is 0 Å². The monoisotopic (exact) mass is 409 g/mol. The first-order valence-electron chi connectivity index (χ1n) is 9.15. The first-order valence-corrected chi connectivity index (χ1v) is 9.52. The van der Waals surface area contributed by atoms with Crippen molar-refractivity contribution in [3.8, 4) is 0 Å². The van der Waals surface area contributed by atoms with E-state index in [0.29, 0.717) is 0 Å². The van der Waals surface area contributed by atoms with Gasteiger partial charge in [-0.25, -0.2) is 0 Å². The second-order valence-electron chi connectivity index (χ2n) is 7.42. The molecule has 0 saturated carbocycles. The highest BCUT2D eigenvalue weighted by Crippen LogP contribution is 2.59. The van der Waals surface area contributed by atoms with Crippen molar-refractivity contribution in [2.75, 3.05) is 0 Å². The average Bonchev–Trinajstić information content (AvgIpc) is 3.42. The van der Waals surface area contributed by atoms with Crippen LogP contribution in [-0.4, -0.2) is 0 Å². The highest BCUT2D eigenvalue weighted by Gasteiger charge is 2.60. The number of furan rings is 2. The van der Waals surface area contributed by atoms with E-state index in [0.717, 1.165) is 11.6 Å². The molecule has 0 radical (unpaired) electrons. The second-order valence-corrected chi connectivity index (χ2v) is 7.81. The Morgan fingerprint density at radius 1 is 0.857 bits per heavy atom. The van der Waals surface area contributed by atoms with E-state index in [4.69, 9.17) is 20.4 Å².